The summed E-state index contributed by atoms with van der Waals surface area (Å²) < 4.78 is 5.72. The Morgan fingerprint density at radius 3 is 2.22 bits per heavy atom. The van der Waals surface area contributed by atoms with Crippen LogP contribution < -0.4 is 10.0 Å². The SMILES string of the molecule is CCC(C)Oc1ccc(PC(=O)c2c(Cl)cccc2Cl)cc1.[LiH]. The number of carbonyl (C=O) groups excluding carboxylic acids is 1. The fourth-order valence-corrected chi connectivity index (χ4v) is 3.56. The second-order valence-corrected chi connectivity index (χ2v) is 7.01. The third kappa shape index (κ3) is 5.82. The molecule has 23 heavy (non-hydrogen) atoms. The Morgan fingerprint density at radius 1 is 1.13 bits per heavy atom. The van der Waals surface area contributed by atoms with Crippen molar-refractivity contribution in [2.75, 3.05) is 0 Å². The summed E-state index contributed by atoms with van der Waals surface area (Å²) in [6.07, 6.45) is 1.13. The zero-order valence-electron chi connectivity index (χ0n) is 12.4. The van der Waals surface area contributed by atoms with Gasteiger partial charge in [0.25, 0.3) is 0 Å². The summed E-state index contributed by atoms with van der Waals surface area (Å²) in [6, 6.07) is 12.7. The molecule has 0 spiro atoms. The molecule has 2 aromatic carbocycles. The maximum atomic E-state index is 12.4. The molecule has 0 bridgehead atoms. The Balaban J connectivity index is 0.00000264. The average molecular weight is 363 g/mol. The molecule has 0 saturated heterocycles. The molecule has 2 aromatic rings. The van der Waals surface area contributed by atoms with Gasteiger partial charge in [-0.05, 0) is 51.5 Å². The zero-order chi connectivity index (χ0) is 16.1. The molecule has 0 aliphatic rings. The Labute approximate surface area is 160 Å². The van der Waals surface area contributed by atoms with Crippen molar-refractivity contribution < 1.29 is 9.53 Å². The van der Waals surface area contributed by atoms with E-state index in [1.807, 2.05) is 31.2 Å². The van der Waals surface area contributed by atoms with Gasteiger partial charge in [-0.3, -0.25) is 4.79 Å². The molecule has 118 valence electrons. The molecule has 0 radical (unpaired) electrons. The standard InChI is InChI=1S/C17H17Cl2O2P.Li.H/c1-3-11(2)21-12-7-9-13(10-8-12)22-17(20)16-14(18)5-4-6-15(16)19;;/h4-11,22H,3H2,1-2H3;;. The predicted molar refractivity (Wildman–Crippen MR) is 103 cm³/mol. The minimum absolute atomic E-state index is 0. The van der Waals surface area contributed by atoms with Crippen molar-refractivity contribution >= 4 is 61.5 Å². The summed E-state index contributed by atoms with van der Waals surface area (Å²) in [5, 5.41) is 1.71. The third-order valence-corrected chi connectivity index (χ3v) is 4.94. The van der Waals surface area contributed by atoms with E-state index in [4.69, 9.17) is 27.9 Å². The van der Waals surface area contributed by atoms with E-state index in [1.165, 1.54) is 0 Å². The predicted octanol–water partition coefficient (Wildman–Crippen LogP) is 4.67. The van der Waals surface area contributed by atoms with Crippen molar-refractivity contribution in [1.29, 1.82) is 0 Å². The monoisotopic (exact) mass is 362 g/mol. The van der Waals surface area contributed by atoms with Crippen LogP contribution in [0.5, 0.6) is 5.75 Å². The third-order valence-electron chi connectivity index (χ3n) is 3.21. The van der Waals surface area contributed by atoms with E-state index >= 15 is 0 Å². The van der Waals surface area contributed by atoms with E-state index in [0.717, 1.165) is 17.5 Å². The molecular weight excluding hydrogens is 345 g/mol. The van der Waals surface area contributed by atoms with Gasteiger partial charge in [0.2, 0.25) is 0 Å². The summed E-state index contributed by atoms with van der Waals surface area (Å²) >= 11 is 12.1. The number of halogens is 2. The van der Waals surface area contributed by atoms with Crippen molar-refractivity contribution in [3.63, 3.8) is 0 Å². The van der Waals surface area contributed by atoms with Crippen molar-refractivity contribution in [3.05, 3.63) is 58.1 Å². The van der Waals surface area contributed by atoms with Crippen LogP contribution in [0, 0.1) is 0 Å². The quantitative estimate of drug-likeness (QED) is 0.551. The summed E-state index contributed by atoms with van der Waals surface area (Å²) in [5.74, 6) is 0.811. The van der Waals surface area contributed by atoms with Gasteiger partial charge in [0, 0.05) is 0 Å². The second kappa shape index (κ2) is 9.73. The second-order valence-electron chi connectivity index (χ2n) is 4.91. The normalized spacial score (nSPS) is 12.0. The van der Waals surface area contributed by atoms with Gasteiger partial charge in [0.1, 0.15) is 5.75 Å². The number of hydrogen-bond donors (Lipinski definition) is 0. The van der Waals surface area contributed by atoms with Crippen LogP contribution in [0.2, 0.25) is 10.0 Å². The van der Waals surface area contributed by atoms with Crippen molar-refractivity contribution in [2.45, 2.75) is 26.4 Å². The summed E-state index contributed by atoms with van der Waals surface area (Å²) in [5.41, 5.74) is 0.329. The molecule has 6 heteroatoms. The fraction of sp³-hybridized carbons (Fsp3) is 0.235. The molecule has 0 amide bonds. The Kier molecular flexibility index (Phi) is 8.70. The van der Waals surface area contributed by atoms with Crippen LogP contribution in [0.3, 0.4) is 0 Å². The Hall–Kier alpha value is -0.483. The topological polar surface area (TPSA) is 26.3 Å². The van der Waals surface area contributed by atoms with Crippen LogP contribution >= 0.6 is 31.8 Å². The summed E-state index contributed by atoms with van der Waals surface area (Å²) in [4.78, 5) is 12.4. The molecule has 0 N–H and O–H groups in total. The van der Waals surface area contributed by atoms with Gasteiger partial charge < -0.3 is 4.74 Å². The average Bonchev–Trinajstić information content (AvgIpc) is 2.49. The Bertz CT molecular complexity index is 642. The van der Waals surface area contributed by atoms with Crippen LogP contribution in [-0.2, 0) is 0 Å². The first kappa shape index (κ1) is 20.6. The molecule has 0 aliphatic carbocycles. The number of ether oxygens (including phenoxy) is 1. The number of benzene rings is 2. The van der Waals surface area contributed by atoms with Gasteiger partial charge >= 0.3 is 18.9 Å². The first-order chi connectivity index (χ1) is 10.5. The van der Waals surface area contributed by atoms with Gasteiger partial charge in [0.05, 0.1) is 21.7 Å². The van der Waals surface area contributed by atoms with Crippen molar-refractivity contribution in [3.8, 4) is 5.75 Å². The Morgan fingerprint density at radius 2 is 1.70 bits per heavy atom. The van der Waals surface area contributed by atoms with Crippen LogP contribution in [0.15, 0.2) is 42.5 Å². The van der Waals surface area contributed by atoms with Crippen LogP contribution in [-0.4, -0.2) is 30.5 Å². The van der Waals surface area contributed by atoms with Gasteiger partial charge in [-0.2, -0.15) is 0 Å². The molecule has 2 unspecified atom stereocenters. The number of rotatable bonds is 6. The first-order valence-corrected chi connectivity index (χ1v) is 8.79. The van der Waals surface area contributed by atoms with Gasteiger partial charge in [-0.1, -0.05) is 48.3 Å². The maximum absolute atomic E-state index is 12.4. The van der Waals surface area contributed by atoms with Crippen LogP contribution in [0.1, 0.15) is 30.6 Å². The minimum atomic E-state index is -0.0637. The molecule has 0 heterocycles. The number of carbonyl (C=O) groups is 1. The molecule has 2 nitrogen and oxygen atoms in total. The van der Waals surface area contributed by atoms with Gasteiger partial charge in [-0.15, -0.1) is 0 Å². The molecular formula is C17H18Cl2LiO2P. The number of hydrogen-bond acceptors (Lipinski definition) is 2. The van der Waals surface area contributed by atoms with Crippen LogP contribution in [0.4, 0.5) is 0 Å². The molecule has 0 aliphatic heterocycles. The van der Waals surface area contributed by atoms with Gasteiger partial charge in [0.15, 0.2) is 5.52 Å². The van der Waals surface area contributed by atoms with E-state index in [0.29, 0.717) is 15.6 Å². The van der Waals surface area contributed by atoms with Gasteiger partial charge in [-0.25, -0.2) is 0 Å². The van der Waals surface area contributed by atoms with E-state index in [9.17, 15) is 4.79 Å². The van der Waals surface area contributed by atoms with E-state index in [1.54, 1.807) is 18.2 Å². The molecule has 0 aromatic heterocycles. The summed E-state index contributed by atoms with van der Waals surface area (Å²) in [6.45, 7) is 4.10. The molecule has 0 saturated carbocycles. The van der Waals surface area contributed by atoms with Crippen molar-refractivity contribution in [1.82, 2.24) is 0 Å². The van der Waals surface area contributed by atoms with E-state index in [2.05, 4.69) is 6.92 Å². The zero-order valence-corrected chi connectivity index (χ0v) is 14.9. The molecule has 2 atom stereocenters. The van der Waals surface area contributed by atoms with E-state index < -0.39 is 0 Å². The van der Waals surface area contributed by atoms with Crippen LogP contribution in [0.25, 0.3) is 0 Å². The summed E-state index contributed by atoms with van der Waals surface area (Å²) in [7, 11) is -0.0223. The van der Waals surface area contributed by atoms with E-state index in [-0.39, 0.29) is 39.1 Å². The fourth-order valence-electron chi connectivity index (χ4n) is 1.84. The molecule has 2 rings (SSSR count). The van der Waals surface area contributed by atoms with Crippen molar-refractivity contribution in [2.24, 2.45) is 0 Å². The first-order valence-electron chi connectivity index (χ1n) is 7.03. The molecule has 0 fully saturated rings.